The molecule has 1 fully saturated rings. The van der Waals surface area contributed by atoms with Crippen LogP contribution in [0, 0.1) is 5.41 Å². The van der Waals surface area contributed by atoms with Crippen molar-refractivity contribution in [2.24, 2.45) is 11.1 Å². The number of halogens is 2. The van der Waals surface area contributed by atoms with Crippen molar-refractivity contribution in [3.05, 3.63) is 0 Å². The van der Waals surface area contributed by atoms with Crippen LogP contribution in [-0.2, 0) is 4.79 Å². The molecular formula is C12H27Cl2N3O. The summed E-state index contributed by atoms with van der Waals surface area (Å²) in [6, 6.07) is 0.0512. The van der Waals surface area contributed by atoms with Crippen molar-refractivity contribution in [3.8, 4) is 0 Å². The first-order valence-electron chi connectivity index (χ1n) is 6.06. The summed E-state index contributed by atoms with van der Waals surface area (Å²) in [7, 11) is 2.10. The third-order valence-corrected chi connectivity index (χ3v) is 3.40. The van der Waals surface area contributed by atoms with Crippen LogP contribution in [0.1, 0.15) is 33.6 Å². The molecule has 1 heterocycles. The molecule has 0 bridgehead atoms. The lowest BCUT2D eigenvalue weighted by Gasteiger charge is -2.27. The van der Waals surface area contributed by atoms with Gasteiger partial charge in [0.15, 0.2) is 0 Å². The van der Waals surface area contributed by atoms with Crippen molar-refractivity contribution in [1.29, 1.82) is 0 Å². The van der Waals surface area contributed by atoms with E-state index in [2.05, 4.69) is 17.3 Å². The van der Waals surface area contributed by atoms with Crippen LogP contribution in [-0.4, -0.2) is 43.0 Å². The smallest absolute Gasteiger partial charge is 0.237 e. The van der Waals surface area contributed by atoms with Gasteiger partial charge >= 0.3 is 0 Å². The summed E-state index contributed by atoms with van der Waals surface area (Å²) in [5.41, 5.74) is 5.71. The van der Waals surface area contributed by atoms with Gasteiger partial charge < -0.3 is 16.0 Å². The van der Waals surface area contributed by atoms with Gasteiger partial charge in [-0.15, -0.1) is 24.8 Å². The van der Waals surface area contributed by atoms with E-state index < -0.39 is 6.04 Å². The van der Waals surface area contributed by atoms with Crippen molar-refractivity contribution in [1.82, 2.24) is 10.2 Å². The summed E-state index contributed by atoms with van der Waals surface area (Å²) in [6.45, 7) is 7.81. The lowest BCUT2D eigenvalue weighted by molar-refractivity contribution is -0.124. The van der Waals surface area contributed by atoms with Gasteiger partial charge in [-0.3, -0.25) is 4.79 Å². The van der Waals surface area contributed by atoms with Crippen LogP contribution in [0.3, 0.4) is 0 Å². The van der Waals surface area contributed by atoms with Crippen molar-refractivity contribution < 1.29 is 4.79 Å². The highest BCUT2D eigenvalue weighted by molar-refractivity contribution is 5.85. The Hall–Kier alpha value is -0.0300. The zero-order valence-corrected chi connectivity index (χ0v) is 13.4. The standard InChI is InChI=1S/C12H25N3O.2ClH/c1-12(2,3)10(13)11(16)14-8-9-6-5-7-15(9)4;;/h9-10H,5-8,13H2,1-4H3,(H,14,16);2*1H/t9?,10-;;/m1../s1. The van der Waals surface area contributed by atoms with Gasteiger partial charge in [0.2, 0.25) is 5.91 Å². The molecule has 1 saturated heterocycles. The van der Waals surface area contributed by atoms with Crippen LogP contribution in [0.2, 0.25) is 0 Å². The molecular weight excluding hydrogens is 273 g/mol. The Morgan fingerprint density at radius 3 is 2.39 bits per heavy atom. The van der Waals surface area contributed by atoms with Crippen LogP contribution in [0.5, 0.6) is 0 Å². The minimum atomic E-state index is -0.431. The highest BCUT2D eigenvalue weighted by Gasteiger charge is 2.28. The summed E-state index contributed by atoms with van der Waals surface area (Å²) >= 11 is 0. The molecule has 110 valence electrons. The summed E-state index contributed by atoms with van der Waals surface area (Å²) in [4.78, 5) is 14.1. The molecule has 0 aromatic carbocycles. The molecule has 1 aliphatic rings. The van der Waals surface area contributed by atoms with E-state index in [4.69, 9.17) is 5.73 Å². The van der Waals surface area contributed by atoms with Gasteiger partial charge in [-0.2, -0.15) is 0 Å². The third kappa shape index (κ3) is 5.74. The minimum Gasteiger partial charge on any atom is -0.353 e. The second-order valence-corrected chi connectivity index (χ2v) is 5.87. The SMILES string of the molecule is CN1CCCC1CNC(=O)[C@@H](N)C(C)(C)C.Cl.Cl. The number of nitrogens with two attached hydrogens (primary N) is 1. The molecule has 0 saturated carbocycles. The van der Waals surface area contributed by atoms with Gasteiger partial charge in [-0.25, -0.2) is 0 Å². The molecule has 3 N–H and O–H groups in total. The number of amides is 1. The number of likely N-dealkylation sites (N-methyl/N-ethyl adjacent to an activating group) is 1. The van der Waals surface area contributed by atoms with E-state index in [9.17, 15) is 4.79 Å². The Kier molecular flexibility index (Phi) is 9.25. The molecule has 0 aromatic heterocycles. The van der Waals surface area contributed by atoms with Gasteiger partial charge in [0.05, 0.1) is 6.04 Å². The van der Waals surface area contributed by atoms with Gasteiger partial charge in [0, 0.05) is 12.6 Å². The first kappa shape index (κ1) is 20.3. The second-order valence-electron chi connectivity index (χ2n) is 5.87. The maximum Gasteiger partial charge on any atom is 0.237 e. The fourth-order valence-electron chi connectivity index (χ4n) is 1.96. The van der Waals surface area contributed by atoms with Gasteiger partial charge in [0.1, 0.15) is 0 Å². The zero-order valence-electron chi connectivity index (χ0n) is 11.7. The molecule has 1 rings (SSSR count). The number of rotatable bonds is 3. The van der Waals surface area contributed by atoms with Crippen molar-refractivity contribution >= 4 is 30.7 Å². The van der Waals surface area contributed by atoms with Gasteiger partial charge in [-0.05, 0) is 31.8 Å². The van der Waals surface area contributed by atoms with E-state index >= 15 is 0 Å². The predicted molar refractivity (Wildman–Crippen MR) is 80.6 cm³/mol. The summed E-state index contributed by atoms with van der Waals surface area (Å²) in [5.74, 6) is -0.0344. The first-order valence-corrected chi connectivity index (χ1v) is 6.06. The van der Waals surface area contributed by atoms with Gasteiger partial charge in [0.25, 0.3) is 0 Å². The number of carbonyl (C=O) groups excluding carboxylic acids is 1. The lowest BCUT2D eigenvalue weighted by atomic mass is 9.87. The lowest BCUT2D eigenvalue weighted by Crippen LogP contribution is -2.51. The van der Waals surface area contributed by atoms with Crippen LogP contribution >= 0.6 is 24.8 Å². The first-order chi connectivity index (χ1) is 7.32. The Morgan fingerprint density at radius 2 is 2.00 bits per heavy atom. The summed E-state index contributed by atoms with van der Waals surface area (Å²) < 4.78 is 0. The van der Waals surface area contributed by atoms with E-state index in [0.29, 0.717) is 6.04 Å². The number of hydrogen-bond donors (Lipinski definition) is 2. The minimum absolute atomic E-state index is 0. The highest BCUT2D eigenvalue weighted by Crippen LogP contribution is 2.18. The molecule has 1 aliphatic heterocycles. The predicted octanol–water partition coefficient (Wildman–Crippen LogP) is 1.41. The Balaban J connectivity index is 0. The van der Waals surface area contributed by atoms with E-state index in [-0.39, 0.29) is 36.1 Å². The number of nitrogens with one attached hydrogen (secondary N) is 1. The molecule has 0 spiro atoms. The second kappa shape index (κ2) is 8.20. The normalized spacial score (nSPS) is 21.7. The Bertz CT molecular complexity index is 256. The van der Waals surface area contributed by atoms with Crippen LogP contribution in [0.25, 0.3) is 0 Å². The molecule has 6 heteroatoms. The van der Waals surface area contributed by atoms with E-state index in [1.807, 2.05) is 20.8 Å². The van der Waals surface area contributed by atoms with Crippen molar-refractivity contribution in [2.75, 3.05) is 20.1 Å². The fourth-order valence-corrected chi connectivity index (χ4v) is 1.96. The molecule has 18 heavy (non-hydrogen) atoms. The van der Waals surface area contributed by atoms with Crippen LogP contribution in [0.4, 0.5) is 0 Å². The topological polar surface area (TPSA) is 58.4 Å². The average molecular weight is 300 g/mol. The molecule has 1 amide bonds. The Labute approximate surface area is 123 Å². The summed E-state index contributed by atoms with van der Waals surface area (Å²) in [5, 5.41) is 2.96. The fraction of sp³-hybridized carbons (Fsp3) is 0.917. The highest BCUT2D eigenvalue weighted by atomic mass is 35.5. The average Bonchev–Trinajstić information content (AvgIpc) is 2.58. The molecule has 0 aromatic rings. The number of nitrogens with zero attached hydrogens (tertiary/aromatic N) is 1. The van der Waals surface area contributed by atoms with Crippen molar-refractivity contribution in [2.45, 2.75) is 45.7 Å². The Morgan fingerprint density at radius 1 is 1.44 bits per heavy atom. The van der Waals surface area contributed by atoms with Crippen molar-refractivity contribution in [3.63, 3.8) is 0 Å². The number of hydrogen-bond acceptors (Lipinski definition) is 3. The molecule has 4 nitrogen and oxygen atoms in total. The molecule has 2 atom stereocenters. The zero-order chi connectivity index (χ0) is 12.3. The molecule has 0 aliphatic carbocycles. The quantitative estimate of drug-likeness (QED) is 0.828. The number of likely N-dealkylation sites (tertiary alicyclic amines) is 1. The molecule has 0 radical (unpaired) electrons. The monoisotopic (exact) mass is 299 g/mol. The van der Waals surface area contributed by atoms with Crippen LogP contribution < -0.4 is 11.1 Å². The summed E-state index contributed by atoms with van der Waals surface area (Å²) in [6.07, 6.45) is 2.39. The maximum atomic E-state index is 11.8. The largest absolute Gasteiger partial charge is 0.353 e. The number of carbonyl (C=O) groups is 1. The van der Waals surface area contributed by atoms with Gasteiger partial charge in [-0.1, -0.05) is 20.8 Å². The van der Waals surface area contributed by atoms with E-state index in [0.717, 1.165) is 13.1 Å². The maximum absolute atomic E-state index is 11.8. The third-order valence-electron chi connectivity index (χ3n) is 3.40. The van der Waals surface area contributed by atoms with E-state index in [1.54, 1.807) is 0 Å². The van der Waals surface area contributed by atoms with E-state index in [1.165, 1.54) is 12.8 Å². The van der Waals surface area contributed by atoms with Crippen LogP contribution in [0.15, 0.2) is 0 Å². The molecule has 1 unspecified atom stereocenters.